The molecule has 0 spiro atoms. The zero-order valence-corrected chi connectivity index (χ0v) is 21.8. The highest BCUT2D eigenvalue weighted by Gasteiger charge is 2.51. The van der Waals surface area contributed by atoms with E-state index < -0.39 is 23.9 Å². The first-order valence-electron chi connectivity index (χ1n) is 11.9. The Balaban J connectivity index is 1.88. The average Bonchev–Trinajstić information content (AvgIpc) is 2.97. The molecule has 1 aliphatic rings. The van der Waals surface area contributed by atoms with Crippen molar-refractivity contribution in [2.24, 2.45) is 0 Å². The molecule has 0 N–H and O–H groups in total. The highest BCUT2D eigenvalue weighted by Crippen LogP contribution is 2.36. The topological polar surface area (TPSA) is 57.2 Å². The van der Waals surface area contributed by atoms with Gasteiger partial charge in [0.15, 0.2) is 0 Å². The predicted molar refractivity (Wildman–Crippen MR) is 135 cm³/mol. The quantitative estimate of drug-likeness (QED) is 0.516. The summed E-state index contributed by atoms with van der Waals surface area (Å²) in [5, 5.41) is 0. The molecule has 2 aromatic rings. The molecule has 34 heavy (non-hydrogen) atoms. The van der Waals surface area contributed by atoms with E-state index in [0.29, 0.717) is 25.4 Å². The molecule has 0 aromatic heterocycles. The van der Waals surface area contributed by atoms with Crippen LogP contribution in [0.15, 0.2) is 48.5 Å². The van der Waals surface area contributed by atoms with E-state index in [1.165, 1.54) is 0 Å². The van der Waals surface area contributed by atoms with Crippen LogP contribution in [0.1, 0.15) is 66.5 Å². The van der Waals surface area contributed by atoms with Crippen LogP contribution in [0.4, 0.5) is 4.79 Å². The fraction of sp³-hybridized carbons (Fsp3) is 0.519. The van der Waals surface area contributed by atoms with Crippen LogP contribution in [0.25, 0.3) is 0 Å². The molecule has 0 saturated carbocycles. The number of ether oxygens (including phenoxy) is 2. The van der Waals surface area contributed by atoms with Crippen LogP contribution in [0.2, 0.25) is 0 Å². The Labute approximate surface area is 204 Å². The molecule has 1 aliphatic heterocycles. The first kappa shape index (κ1) is 26.1. The van der Waals surface area contributed by atoms with Gasteiger partial charge in [0.2, 0.25) is 0 Å². The molecule has 184 valence electrons. The molecule has 1 amide bonds. The van der Waals surface area contributed by atoms with Gasteiger partial charge < -0.3 is 23.7 Å². The normalized spacial score (nSPS) is 16.9. The highest BCUT2D eigenvalue weighted by atomic mass is 16.7. The summed E-state index contributed by atoms with van der Waals surface area (Å²) in [4.78, 5) is 14.4. The maximum atomic E-state index is 12.7. The summed E-state index contributed by atoms with van der Waals surface area (Å²) in [6.45, 7) is 17.0. The van der Waals surface area contributed by atoms with Crippen molar-refractivity contribution in [3.8, 4) is 5.75 Å². The first-order valence-corrected chi connectivity index (χ1v) is 11.9. The van der Waals surface area contributed by atoms with Crippen LogP contribution in [-0.4, -0.2) is 41.5 Å². The highest BCUT2D eigenvalue weighted by molar-refractivity contribution is 6.62. The van der Waals surface area contributed by atoms with Crippen LogP contribution in [0, 0.1) is 0 Å². The molecule has 0 radical (unpaired) electrons. The van der Waals surface area contributed by atoms with Gasteiger partial charge in [-0.05, 0) is 84.1 Å². The SMILES string of the molecule is CCN(Cc1cc(OCc2ccccc2)cc(B2OC(C)(C)C(C)(C)O2)c1)C(=O)OC(C)(C)C. The third-order valence-electron chi connectivity index (χ3n) is 6.17. The van der Waals surface area contributed by atoms with Crippen molar-refractivity contribution in [3.63, 3.8) is 0 Å². The maximum Gasteiger partial charge on any atom is 0.494 e. The monoisotopic (exact) mass is 467 g/mol. The molecule has 0 atom stereocenters. The molecule has 2 aromatic carbocycles. The van der Waals surface area contributed by atoms with E-state index in [1.54, 1.807) is 4.90 Å². The van der Waals surface area contributed by atoms with Crippen molar-refractivity contribution in [3.05, 3.63) is 59.7 Å². The Morgan fingerprint density at radius 3 is 2.15 bits per heavy atom. The van der Waals surface area contributed by atoms with Crippen molar-refractivity contribution >= 4 is 18.7 Å². The molecule has 3 rings (SSSR count). The van der Waals surface area contributed by atoms with Crippen molar-refractivity contribution in [1.29, 1.82) is 0 Å². The van der Waals surface area contributed by atoms with Gasteiger partial charge in [-0.2, -0.15) is 0 Å². The van der Waals surface area contributed by atoms with Gasteiger partial charge in [-0.25, -0.2) is 4.79 Å². The molecule has 0 aliphatic carbocycles. The molecule has 7 heteroatoms. The van der Waals surface area contributed by atoms with Gasteiger partial charge in [-0.3, -0.25) is 0 Å². The number of rotatable bonds is 7. The van der Waals surface area contributed by atoms with Crippen LogP contribution < -0.4 is 10.2 Å². The molecule has 0 bridgehead atoms. The van der Waals surface area contributed by atoms with E-state index in [9.17, 15) is 4.79 Å². The fourth-order valence-corrected chi connectivity index (χ4v) is 3.57. The third kappa shape index (κ3) is 6.54. The van der Waals surface area contributed by atoms with E-state index in [-0.39, 0.29) is 6.09 Å². The molecule has 0 unspecified atom stereocenters. The zero-order valence-electron chi connectivity index (χ0n) is 21.8. The molecular formula is C27H38BNO5. The summed E-state index contributed by atoms with van der Waals surface area (Å²) in [5.74, 6) is 0.700. The first-order chi connectivity index (χ1) is 15.8. The van der Waals surface area contributed by atoms with E-state index in [1.807, 2.05) is 104 Å². The van der Waals surface area contributed by atoms with Crippen LogP contribution >= 0.6 is 0 Å². The lowest BCUT2D eigenvalue weighted by Crippen LogP contribution is -2.41. The minimum Gasteiger partial charge on any atom is -0.489 e. The number of carbonyl (C=O) groups is 1. The minimum absolute atomic E-state index is 0.345. The summed E-state index contributed by atoms with van der Waals surface area (Å²) in [7, 11) is -0.527. The standard InChI is InChI=1S/C27H38BNO5/c1-9-29(24(30)32-25(2,3)4)18-21-15-22(28-33-26(5,6)27(7,8)34-28)17-23(16-21)31-19-20-13-11-10-12-14-20/h10-17H,9,18-19H2,1-8H3. The van der Waals surface area contributed by atoms with Gasteiger partial charge in [0.05, 0.1) is 11.2 Å². The van der Waals surface area contributed by atoms with Crippen molar-refractivity contribution in [1.82, 2.24) is 4.90 Å². The predicted octanol–water partition coefficient (Wildman–Crippen LogP) is 5.32. The van der Waals surface area contributed by atoms with Crippen molar-refractivity contribution < 1.29 is 23.6 Å². The lowest BCUT2D eigenvalue weighted by atomic mass is 9.78. The van der Waals surface area contributed by atoms with Gasteiger partial charge in [0.1, 0.15) is 18.0 Å². The summed E-state index contributed by atoms with van der Waals surface area (Å²) < 4.78 is 24.3. The summed E-state index contributed by atoms with van der Waals surface area (Å²) >= 11 is 0. The second-order valence-corrected chi connectivity index (χ2v) is 10.8. The number of hydrogen-bond donors (Lipinski definition) is 0. The van der Waals surface area contributed by atoms with Crippen LogP contribution in [0.5, 0.6) is 5.75 Å². The van der Waals surface area contributed by atoms with E-state index in [4.69, 9.17) is 18.8 Å². The van der Waals surface area contributed by atoms with Gasteiger partial charge in [0, 0.05) is 13.1 Å². The number of carbonyl (C=O) groups excluding carboxylic acids is 1. The molecular weight excluding hydrogens is 429 g/mol. The summed E-state index contributed by atoms with van der Waals surface area (Å²) in [5.41, 5.74) is 1.39. The third-order valence-corrected chi connectivity index (χ3v) is 6.17. The maximum absolute atomic E-state index is 12.7. The second kappa shape index (κ2) is 10.0. The molecule has 1 fully saturated rings. The lowest BCUT2D eigenvalue weighted by Gasteiger charge is -2.32. The number of amides is 1. The zero-order chi connectivity index (χ0) is 25.1. The van der Waals surface area contributed by atoms with Crippen molar-refractivity contribution in [2.75, 3.05) is 6.54 Å². The number of nitrogens with zero attached hydrogens (tertiary/aromatic N) is 1. The van der Waals surface area contributed by atoms with Gasteiger partial charge in [0.25, 0.3) is 0 Å². The molecule has 1 heterocycles. The summed E-state index contributed by atoms with van der Waals surface area (Å²) in [6.07, 6.45) is -0.345. The Kier molecular flexibility index (Phi) is 7.68. The lowest BCUT2D eigenvalue weighted by molar-refractivity contribution is 0.00578. The Morgan fingerprint density at radius 1 is 0.971 bits per heavy atom. The van der Waals surface area contributed by atoms with Gasteiger partial charge >= 0.3 is 13.2 Å². The van der Waals surface area contributed by atoms with Crippen LogP contribution in [-0.2, 0) is 27.2 Å². The molecule has 1 saturated heterocycles. The van der Waals surface area contributed by atoms with E-state index in [2.05, 4.69) is 0 Å². The Bertz CT molecular complexity index is 968. The summed E-state index contributed by atoms with van der Waals surface area (Å²) in [6, 6.07) is 16.0. The van der Waals surface area contributed by atoms with Gasteiger partial charge in [-0.15, -0.1) is 0 Å². The minimum atomic E-state index is -0.557. The Morgan fingerprint density at radius 2 is 1.59 bits per heavy atom. The van der Waals surface area contributed by atoms with Crippen LogP contribution in [0.3, 0.4) is 0 Å². The van der Waals surface area contributed by atoms with E-state index >= 15 is 0 Å². The number of hydrogen-bond acceptors (Lipinski definition) is 5. The average molecular weight is 467 g/mol. The number of benzene rings is 2. The largest absolute Gasteiger partial charge is 0.494 e. The Hall–Kier alpha value is -2.51. The van der Waals surface area contributed by atoms with Gasteiger partial charge in [-0.1, -0.05) is 36.4 Å². The second-order valence-electron chi connectivity index (χ2n) is 10.8. The van der Waals surface area contributed by atoms with E-state index in [0.717, 1.165) is 16.6 Å². The van der Waals surface area contributed by atoms with Crippen molar-refractivity contribution in [2.45, 2.75) is 85.3 Å². The molecule has 6 nitrogen and oxygen atoms in total. The fourth-order valence-electron chi connectivity index (χ4n) is 3.57. The smallest absolute Gasteiger partial charge is 0.489 e.